The fourth-order valence-corrected chi connectivity index (χ4v) is 4.63. The van der Waals surface area contributed by atoms with Crippen molar-refractivity contribution in [2.24, 2.45) is 0 Å². The molecule has 0 atom stereocenters. The van der Waals surface area contributed by atoms with Crippen LogP contribution in [0.15, 0.2) is 42.5 Å². The Hall–Kier alpha value is -3.92. The van der Waals surface area contributed by atoms with Crippen LogP contribution in [0.5, 0.6) is 11.5 Å². The number of thiophene rings is 1. The Morgan fingerprint density at radius 1 is 1.15 bits per heavy atom. The van der Waals surface area contributed by atoms with Gasteiger partial charge in [0.1, 0.15) is 5.00 Å². The van der Waals surface area contributed by atoms with E-state index < -0.39 is 16.8 Å². The van der Waals surface area contributed by atoms with Crippen LogP contribution in [0.25, 0.3) is 0 Å². The number of ether oxygens (including phenoxy) is 3. The van der Waals surface area contributed by atoms with Crippen molar-refractivity contribution in [2.75, 3.05) is 18.7 Å². The van der Waals surface area contributed by atoms with Gasteiger partial charge in [0.05, 0.1) is 17.1 Å². The summed E-state index contributed by atoms with van der Waals surface area (Å²) < 4.78 is 16.0. The van der Waals surface area contributed by atoms with E-state index in [0.717, 1.165) is 16.0 Å². The third kappa shape index (κ3) is 4.65. The van der Waals surface area contributed by atoms with Crippen LogP contribution in [0.1, 0.15) is 43.6 Å². The summed E-state index contributed by atoms with van der Waals surface area (Å²) in [6, 6.07) is 10.9. The number of nitrogens with one attached hydrogen (secondary N) is 1. The third-order valence-corrected chi connectivity index (χ3v) is 6.30. The number of hydrogen-bond acceptors (Lipinski definition) is 8. The molecule has 3 aromatic rings. The molecule has 4 rings (SSSR count). The fourth-order valence-electron chi connectivity index (χ4n) is 3.41. The lowest BCUT2D eigenvalue weighted by molar-refractivity contribution is -0.384. The number of fused-ring (bicyclic) bond motifs is 1. The normalized spacial score (nSPS) is 11.8. The Bertz CT molecular complexity index is 1230. The van der Waals surface area contributed by atoms with Gasteiger partial charge in [-0.05, 0) is 49.2 Å². The van der Waals surface area contributed by atoms with Crippen LogP contribution in [0.3, 0.4) is 0 Å². The van der Waals surface area contributed by atoms with Crippen molar-refractivity contribution in [1.82, 2.24) is 0 Å². The standard InChI is InChI=1S/C23H20N2O7S/c1-3-30-23(27)20-13(2)19(11-14-4-9-17-18(10-14)32-12-31-17)33-22(20)24-21(26)15-5-7-16(8-6-15)25(28)29/h4-10H,3,11-12H2,1-2H3,(H,24,26). The number of anilines is 1. The van der Waals surface area contributed by atoms with Crippen molar-refractivity contribution >= 4 is 33.9 Å². The molecule has 0 spiro atoms. The number of carbonyl (C=O) groups is 2. The molecule has 170 valence electrons. The SMILES string of the molecule is CCOC(=O)c1c(NC(=O)c2ccc([N+](=O)[O-])cc2)sc(Cc2ccc3c(c2)OCO3)c1C. The molecule has 0 bridgehead atoms. The van der Waals surface area contributed by atoms with E-state index in [9.17, 15) is 19.7 Å². The van der Waals surface area contributed by atoms with E-state index in [4.69, 9.17) is 14.2 Å². The maximum Gasteiger partial charge on any atom is 0.341 e. The van der Waals surface area contributed by atoms with E-state index in [1.54, 1.807) is 6.92 Å². The summed E-state index contributed by atoms with van der Waals surface area (Å²) >= 11 is 1.29. The van der Waals surface area contributed by atoms with Gasteiger partial charge in [-0.15, -0.1) is 11.3 Å². The highest BCUT2D eigenvalue weighted by Gasteiger charge is 2.25. The summed E-state index contributed by atoms with van der Waals surface area (Å²) in [6.07, 6.45) is 0.521. The number of benzene rings is 2. The molecule has 1 aliphatic heterocycles. The molecule has 33 heavy (non-hydrogen) atoms. The minimum atomic E-state index is -0.536. The van der Waals surface area contributed by atoms with Gasteiger partial charge in [-0.25, -0.2) is 4.79 Å². The Morgan fingerprint density at radius 2 is 1.88 bits per heavy atom. The number of carbonyl (C=O) groups excluding carboxylic acids is 2. The van der Waals surface area contributed by atoms with Gasteiger partial charge in [0, 0.05) is 29.0 Å². The molecule has 1 aliphatic rings. The largest absolute Gasteiger partial charge is 0.462 e. The van der Waals surface area contributed by atoms with Gasteiger partial charge in [-0.3, -0.25) is 14.9 Å². The van der Waals surface area contributed by atoms with Gasteiger partial charge in [-0.2, -0.15) is 0 Å². The smallest absolute Gasteiger partial charge is 0.341 e. The van der Waals surface area contributed by atoms with Crippen LogP contribution in [0, 0.1) is 17.0 Å². The molecule has 1 amide bonds. The Balaban J connectivity index is 1.62. The Morgan fingerprint density at radius 3 is 2.58 bits per heavy atom. The second-order valence-corrected chi connectivity index (χ2v) is 8.30. The second-order valence-electron chi connectivity index (χ2n) is 7.20. The first-order chi connectivity index (χ1) is 15.9. The first kappa shape index (κ1) is 22.3. The topological polar surface area (TPSA) is 117 Å². The summed E-state index contributed by atoms with van der Waals surface area (Å²) in [6.45, 7) is 3.90. The maximum atomic E-state index is 12.8. The van der Waals surface area contributed by atoms with E-state index in [-0.39, 0.29) is 24.7 Å². The highest BCUT2D eigenvalue weighted by molar-refractivity contribution is 7.17. The van der Waals surface area contributed by atoms with Crippen molar-refractivity contribution in [3.8, 4) is 11.5 Å². The van der Waals surface area contributed by atoms with Crippen molar-refractivity contribution in [2.45, 2.75) is 20.3 Å². The molecule has 0 aliphatic carbocycles. The Kier molecular flexibility index (Phi) is 6.27. The van der Waals surface area contributed by atoms with Gasteiger partial charge in [0.25, 0.3) is 11.6 Å². The first-order valence-electron chi connectivity index (χ1n) is 10.1. The van der Waals surface area contributed by atoms with Crippen LogP contribution in [0.4, 0.5) is 10.7 Å². The predicted octanol–water partition coefficient (Wildman–Crippen LogP) is 4.71. The zero-order chi connectivity index (χ0) is 23.5. The predicted molar refractivity (Wildman–Crippen MR) is 121 cm³/mol. The summed E-state index contributed by atoms with van der Waals surface area (Å²) in [5.74, 6) is 0.345. The number of nitro benzene ring substituents is 1. The molecule has 0 fully saturated rings. The van der Waals surface area contributed by atoms with Crippen LogP contribution < -0.4 is 14.8 Å². The number of esters is 1. The molecule has 0 radical (unpaired) electrons. The van der Waals surface area contributed by atoms with Gasteiger partial charge < -0.3 is 19.5 Å². The maximum absolute atomic E-state index is 12.8. The van der Waals surface area contributed by atoms with Crippen molar-refractivity contribution < 1.29 is 28.7 Å². The van der Waals surface area contributed by atoms with E-state index in [2.05, 4.69) is 5.32 Å². The highest BCUT2D eigenvalue weighted by atomic mass is 32.1. The molecule has 9 nitrogen and oxygen atoms in total. The lowest BCUT2D eigenvalue weighted by atomic mass is 10.1. The van der Waals surface area contributed by atoms with Gasteiger partial charge >= 0.3 is 5.97 Å². The summed E-state index contributed by atoms with van der Waals surface area (Å²) in [5, 5.41) is 14.0. The zero-order valence-electron chi connectivity index (χ0n) is 17.9. The molecular formula is C23H20N2O7S. The number of hydrogen-bond donors (Lipinski definition) is 1. The molecule has 2 aromatic carbocycles. The van der Waals surface area contributed by atoms with Crippen LogP contribution >= 0.6 is 11.3 Å². The lowest BCUT2D eigenvalue weighted by Gasteiger charge is -2.07. The van der Waals surface area contributed by atoms with Crippen molar-refractivity contribution in [3.63, 3.8) is 0 Å². The van der Waals surface area contributed by atoms with Crippen LogP contribution in [-0.4, -0.2) is 30.2 Å². The quantitative estimate of drug-likeness (QED) is 0.303. The summed E-state index contributed by atoms with van der Waals surface area (Å²) in [5.41, 5.74) is 2.10. The summed E-state index contributed by atoms with van der Waals surface area (Å²) in [4.78, 5) is 36.6. The van der Waals surface area contributed by atoms with Gasteiger partial charge in [-0.1, -0.05) is 6.07 Å². The number of nitro groups is 1. The van der Waals surface area contributed by atoms with Crippen LogP contribution in [0.2, 0.25) is 0 Å². The molecular weight excluding hydrogens is 448 g/mol. The monoisotopic (exact) mass is 468 g/mol. The number of nitrogens with zero attached hydrogens (tertiary/aromatic N) is 1. The molecule has 0 unspecified atom stereocenters. The average Bonchev–Trinajstić information content (AvgIpc) is 3.38. The zero-order valence-corrected chi connectivity index (χ0v) is 18.7. The van der Waals surface area contributed by atoms with E-state index in [1.807, 2.05) is 25.1 Å². The van der Waals surface area contributed by atoms with Gasteiger partial charge in [0.2, 0.25) is 6.79 Å². The number of rotatable bonds is 7. The number of amides is 1. The molecule has 1 N–H and O–H groups in total. The minimum absolute atomic E-state index is 0.114. The molecule has 0 saturated heterocycles. The van der Waals surface area contributed by atoms with Crippen molar-refractivity contribution in [1.29, 1.82) is 0 Å². The molecule has 10 heteroatoms. The fraction of sp³-hybridized carbons (Fsp3) is 0.217. The van der Waals surface area contributed by atoms with Crippen LogP contribution in [-0.2, 0) is 11.2 Å². The average molecular weight is 468 g/mol. The van der Waals surface area contributed by atoms with E-state index >= 15 is 0 Å². The third-order valence-electron chi connectivity index (χ3n) is 5.09. The summed E-state index contributed by atoms with van der Waals surface area (Å²) in [7, 11) is 0. The van der Waals surface area contributed by atoms with Gasteiger partial charge in [0.15, 0.2) is 11.5 Å². The minimum Gasteiger partial charge on any atom is -0.462 e. The highest BCUT2D eigenvalue weighted by Crippen LogP contribution is 2.38. The molecule has 1 aromatic heterocycles. The lowest BCUT2D eigenvalue weighted by Crippen LogP contribution is -2.14. The number of non-ortho nitro benzene ring substituents is 1. The van der Waals surface area contributed by atoms with E-state index in [0.29, 0.717) is 28.5 Å². The van der Waals surface area contributed by atoms with E-state index in [1.165, 1.54) is 35.6 Å². The second kappa shape index (κ2) is 9.29. The molecule has 0 saturated carbocycles. The first-order valence-corrected chi connectivity index (χ1v) is 10.9. The molecule has 2 heterocycles. The van der Waals surface area contributed by atoms with Crippen molar-refractivity contribution in [3.05, 3.63) is 79.7 Å². The Labute approximate surface area is 193 Å².